The number of anilines is 1. The number of carbonyl (C=O) groups excluding carboxylic acids is 2. The van der Waals surface area contributed by atoms with E-state index < -0.39 is 0 Å². The standard InChI is InChI=1S/C24H25N3O2S/c1-2-17-5-9-19(10-6-17)24-26-20(16-30-24)14-22(28)25-15-18-7-11-21(12-8-18)27-13-3-4-23(27)29/h5-12,16H,2-4,13-15H2,1H3,(H,25,28). The Morgan fingerprint density at radius 3 is 2.50 bits per heavy atom. The van der Waals surface area contributed by atoms with Crippen LogP contribution in [0.5, 0.6) is 0 Å². The smallest absolute Gasteiger partial charge is 0.227 e. The number of thiazole rings is 1. The second-order valence-electron chi connectivity index (χ2n) is 7.46. The second kappa shape index (κ2) is 9.22. The van der Waals surface area contributed by atoms with Crippen LogP contribution in [-0.4, -0.2) is 23.3 Å². The molecule has 1 aromatic heterocycles. The predicted octanol–water partition coefficient (Wildman–Crippen LogP) is 4.36. The first-order chi connectivity index (χ1) is 14.6. The fourth-order valence-electron chi connectivity index (χ4n) is 3.55. The quantitative estimate of drug-likeness (QED) is 0.619. The van der Waals surface area contributed by atoms with E-state index in [1.807, 2.05) is 34.5 Å². The SMILES string of the molecule is CCc1ccc(-c2nc(CC(=O)NCc3ccc(N4CCCC4=O)cc3)cs2)cc1. The maximum atomic E-state index is 12.3. The first kappa shape index (κ1) is 20.3. The average molecular weight is 420 g/mol. The highest BCUT2D eigenvalue weighted by molar-refractivity contribution is 7.13. The molecule has 0 spiro atoms. The fraction of sp³-hybridized carbons (Fsp3) is 0.292. The van der Waals surface area contributed by atoms with Crippen molar-refractivity contribution in [2.45, 2.75) is 39.2 Å². The molecular weight excluding hydrogens is 394 g/mol. The van der Waals surface area contributed by atoms with Gasteiger partial charge in [-0.3, -0.25) is 9.59 Å². The molecule has 0 aliphatic carbocycles. The fourth-order valence-corrected chi connectivity index (χ4v) is 4.37. The minimum Gasteiger partial charge on any atom is -0.352 e. The zero-order valence-electron chi connectivity index (χ0n) is 17.1. The summed E-state index contributed by atoms with van der Waals surface area (Å²) in [7, 11) is 0. The van der Waals surface area contributed by atoms with Gasteiger partial charge in [0.2, 0.25) is 11.8 Å². The normalized spacial score (nSPS) is 13.6. The average Bonchev–Trinajstić information content (AvgIpc) is 3.42. The summed E-state index contributed by atoms with van der Waals surface area (Å²) in [6.07, 6.45) is 2.83. The molecule has 0 bridgehead atoms. The monoisotopic (exact) mass is 419 g/mol. The molecule has 3 aromatic rings. The third-order valence-corrected chi connectivity index (χ3v) is 6.25. The van der Waals surface area contributed by atoms with Crippen LogP contribution in [0.15, 0.2) is 53.9 Å². The Bertz CT molecular complexity index is 1030. The molecule has 0 saturated carbocycles. The summed E-state index contributed by atoms with van der Waals surface area (Å²) in [6, 6.07) is 16.2. The van der Waals surface area contributed by atoms with Crippen LogP contribution >= 0.6 is 11.3 Å². The van der Waals surface area contributed by atoms with E-state index in [-0.39, 0.29) is 18.2 Å². The van der Waals surface area contributed by atoms with Crippen LogP contribution in [0.3, 0.4) is 0 Å². The van der Waals surface area contributed by atoms with Crippen LogP contribution in [0.4, 0.5) is 5.69 Å². The molecule has 154 valence electrons. The molecular formula is C24H25N3O2S. The predicted molar refractivity (Wildman–Crippen MR) is 121 cm³/mol. The summed E-state index contributed by atoms with van der Waals surface area (Å²) in [4.78, 5) is 30.6. The molecule has 4 rings (SSSR count). The van der Waals surface area contributed by atoms with Gasteiger partial charge in [0.25, 0.3) is 0 Å². The maximum absolute atomic E-state index is 12.3. The molecule has 2 aromatic carbocycles. The molecule has 1 aliphatic rings. The van der Waals surface area contributed by atoms with Crippen LogP contribution in [0.1, 0.15) is 36.6 Å². The first-order valence-corrected chi connectivity index (χ1v) is 11.2. The Hall–Kier alpha value is -2.99. The summed E-state index contributed by atoms with van der Waals surface area (Å²) < 4.78 is 0. The van der Waals surface area contributed by atoms with Crippen molar-refractivity contribution in [2.24, 2.45) is 0 Å². The van der Waals surface area contributed by atoms with E-state index in [9.17, 15) is 9.59 Å². The van der Waals surface area contributed by atoms with Crippen molar-refractivity contribution in [2.75, 3.05) is 11.4 Å². The van der Waals surface area contributed by atoms with Gasteiger partial charge in [-0.15, -0.1) is 11.3 Å². The van der Waals surface area contributed by atoms with Gasteiger partial charge in [-0.05, 0) is 36.1 Å². The lowest BCUT2D eigenvalue weighted by atomic mass is 10.1. The van der Waals surface area contributed by atoms with E-state index in [2.05, 4.69) is 41.5 Å². The summed E-state index contributed by atoms with van der Waals surface area (Å²) in [6.45, 7) is 3.38. The molecule has 1 aliphatic heterocycles. The van der Waals surface area contributed by atoms with Crippen LogP contribution in [0, 0.1) is 0 Å². The van der Waals surface area contributed by atoms with E-state index >= 15 is 0 Å². The molecule has 1 saturated heterocycles. The molecule has 1 fully saturated rings. The summed E-state index contributed by atoms with van der Waals surface area (Å²) in [5.74, 6) is 0.131. The highest BCUT2D eigenvalue weighted by atomic mass is 32.1. The van der Waals surface area contributed by atoms with Crippen molar-refractivity contribution in [3.05, 3.63) is 70.7 Å². The number of carbonyl (C=O) groups is 2. The van der Waals surface area contributed by atoms with Crippen molar-refractivity contribution in [1.82, 2.24) is 10.3 Å². The summed E-state index contributed by atoms with van der Waals surface area (Å²) in [5.41, 5.74) is 5.11. The number of nitrogens with one attached hydrogen (secondary N) is 1. The van der Waals surface area contributed by atoms with Gasteiger partial charge in [-0.2, -0.15) is 0 Å². The first-order valence-electron chi connectivity index (χ1n) is 10.3. The van der Waals surface area contributed by atoms with E-state index in [1.165, 1.54) is 5.56 Å². The lowest BCUT2D eigenvalue weighted by molar-refractivity contribution is -0.120. The van der Waals surface area contributed by atoms with E-state index in [1.54, 1.807) is 11.3 Å². The molecule has 2 heterocycles. The minimum atomic E-state index is -0.0491. The van der Waals surface area contributed by atoms with Crippen molar-refractivity contribution in [3.63, 3.8) is 0 Å². The molecule has 0 atom stereocenters. The summed E-state index contributed by atoms with van der Waals surface area (Å²) in [5, 5.41) is 5.84. The lowest BCUT2D eigenvalue weighted by Crippen LogP contribution is -2.25. The molecule has 6 heteroatoms. The van der Waals surface area contributed by atoms with Crippen LogP contribution in [0.2, 0.25) is 0 Å². The Balaban J connectivity index is 1.29. The largest absolute Gasteiger partial charge is 0.352 e. The van der Waals surface area contributed by atoms with Gasteiger partial charge < -0.3 is 10.2 Å². The van der Waals surface area contributed by atoms with Crippen molar-refractivity contribution < 1.29 is 9.59 Å². The van der Waals surface area contributed by atoms with Crippen molar-refractivity contribution in [1.29, 1.82) is 0 Å². The van der Waals surface area contributed by atoms with Crippen molar-refractivity contribution >= 4 is 28.8 Å². The number of hydrogen-bond donors (Lipinski definition) is 1. The lowest BCUT2D eigenvalue weighted by Gasteiger charge is -2.16. The van der Waals surface area contributed by atoms with Gasteiger partial charge in [0.15, 0.2) is 0 Å². The van der Waals surface area contributed by atoms with Gasteiger partial charge >= 0.3 is 0 Å². The third-order valence-electron chi connectivity index (χ3n) is 5.31. The van der Waals surface area contributed by atoms with Crippen LogP contribution < -0.4 is 10.2 Å². The number of benzene rings is 2. The molecule has 2 amide bonds. The third kappa shape index (κ3) is 4.76. The number of aromatic nitrogens is 1. The van der Waals surface area contributed by atoms with E-state index in [0.29, 0.717) is 13.0 Å². The number of hydrogen-bond acceptors (Lipinski definition) is 4. The number of nitrogens with zero attached hydrogens (tertiary/aromatic N) is 2. The summed E-state index contributed by atoms with van der Waals surface area (Å²) >= 11 is 1.56. The Kier molecular flexibility index (Phi) is 6.23. The molecule has 5 nitrogen and oxygen atoms in total. The van der Waals surface area contributed by atoms with Crippen LogP contribution in [0.25, 0.3) is 10.6 Å². The van der Waals surface area contributed by atoms with E-state index in [4.69, 9.17) is 0 Å². The zero-order chi connectivity index (χ0) is 20.9. The minimum absolute atomic E-state index is 0.0491. The molecule has 30 heavy (non-hydrogen) atoms. The van der Waals surface area contributed by atoms with Crippen molar-refractivity contribution in [3.8, 4) is 10.6 Å². The van der Waals surface area contributed by atoms with Gasteiger partial charge in [0, 0.05) is 36.1 Å². The molecule has 0 unspecified atom stereocenters. The Morgan fingerprint density at radius 1 is 1.10 bits per heavy atom. The maximum Gasteiger partial charge on any atom is 0.227 e. The highest BCUT2D eigenvalue weighted by Gasteiger charge is 2.21. The number of amides is 2. The van der Waals surface area contributed by atoms with Gasteiger partial charge in [-0.25, -0.2) is 4.98 Å². The van der Waals surface area contributed by atoms with Crippen LogP contribution in [-0.2, 0) is 29.0 Å². The van der Waals surface area contributed by atoms with Gasteiger partial charge in [0.1, 0.15) is 5.01 Å². The second-order valence-corrected chi connectivity index (χ2v) is 8.32. The Labute approximate surface area is 180 Å². The molecule has 1 N–H and O–H groups in total. The topological polar surface area (TPSA) is 62.3 Å². The zero-order valence-corrected chi connectivity index (χ0v) is 17.9. The highest BCUT2D eigenvalue weighted by Crippen LogP contribution is 2.24. The van der Waals surface area contributed by atoms with Gasteiger partial charge in [0.05, 0.1) is 12.1 Å². The van der Waals surface area contributed by atoms with E-state index in [0.717, 1.165) is 46.9 Å². The number of aryl methyl sites for hydroxylation is 1. The Morgan fingerprint density at radius 2 is 1.83 bits per heavy atom. The number of rotatable bonds is 7. The molecule has 0 radical (unpaired) electrons. The van der Waals surface area contributed by atoms with Gasteiger partial charge in [-0.1, -0.05) is 43.3 Å².